The molecule has 5 heteroatoms. The third-order valence-corrected chi connectivity index (χ3v) is 4.17. The molecule has 2 N–H and O–H groups in total. The number of carbonyl (C=O) groups excluding carboxylic acids is 2. The van der Waals surface area contributed by atoms with Gasteiger partial charge in [0, 0.05) is 5.69 Å². The fourth-order valence-corrected chi connectivity index (χ4v) is 2.78. The number of hydrogen-bond acceptors (Lipinski definition) is 3. The summed E-state index contributed by atoms with van der Waals surface area (Å²) in [5, 5.41) is 5.61. The number of aryl methyl sites for hydroxylation is 2. The van der Waals surface area contributed by atoms with E-state index in [1.165, 1.54) is 0 Å². The van der Waals surface area contributed by atoms with Crippen LogP contribution in [-0.2, 0) is 16.1 Å². The molecule has 0 aliphatic rings. The lowest BCUT2D eigenvalue weighted by Gasteiger charge is -2.20. The molecule has 2 aromatic carbocycles. The summed E-state index contributed by atoms with van der Waals surface area (Å²) >= 11 is 0. The van der Waals surface area contributed by atoms with Crippen LogP contribution in [-0.4, -0.2) is 18.0 Å². The molecule has 0 bridgehead atoms. The molecule has 0 spiro atoms. The lowest BCUT2D eigenvalue weighted by Crippen LogP contribution is -2.44. The molecule has 0 saturated heterocycles. The second-order valence-electron chi connectivity index (χ2n) is 7.20. The first-order valence-corrected chi connectivity index (χ1v) is 9.20. The number of nitrogens with one attached hydrogen (secondary N) is 2. The van der Waals surface area contributed by atoms with Crippen LogP contribution in [0.25, 0.3) is 0 Å². The van der Waals surface area contributed by atoms with Gasteiger partial charge in [-0.15, -0.1) is 0 Å². The Hall–Kier alpha value is -2.82. The number of hydrogen-bond donors (Lipinski definition) is 2. The average molecular weight is 368 g/mol. The number of amides is 2. The molecule has 0 radical (unpaired) electrons. The largest absolute Gasteiger partial charge is 0.445 e. The maximum absolute atomic E-state index is 12.7. The highest BCUT2D eigenvalue weighted by atomic mass is 16.5. The Balaban J connectivity index is 1.98. The fourth-order valence-electron chi connectivity index (χ4n) is 2.78. The van der Waals surface area contributed by atoms with Crippen LogP contribution in [0.2, 0.25) is 0 Å². The normalized spacial score (nSPS) is 11.7. The molecule has 0 fully saturated rings. The van der Waals surface area contributed by atoms with Gasteiger partial charge in [0.25, 0.3) is 0 Å². The summed E-state index contributed by atoms with van der Waals surface area (Å²) in [6.07, 6.45) is -0.0720. The molecule has 0 unspecified atom stereocenters. The monoisotopic (exact) mass is 368 g/mol. The van der Waals surface area contributed by atoms with Crippen LogP contribution in [0.3, 0.4) is 0 Å². The standard InChI is InChI=1S/C22H28N2O3/c1-15(2)12-20(21(25)23-19-11-10-16(3)13-17(19)4)24-22(26)27-14-18-8-6-5-7-9-18/h5-11,13,15,20H,12,14H2,1-4H3,(H,23,25)(H,24,26)/t20-/m0/s1. The van der Waals surface area contributed by atoms with Crippen LogP contribution in [0.4, 0.5) is 10.5 Å². The zero-order chi connectivity index (χ0) is 19.8. The van der Waals surface area contributed by atoms with E-state index in [-0.39, 0.29) is 18.4 Å². The van der Waals surface area contributed by atoms with Crippen LogP contribution in [0.5, 0.6) is 0 Å². The van der Waals surface area contributed by atoms with E-state index in [0.717, 1.165) is 22.4 Å². The van der Waals surface area contributed by atoms with Crippen molar-refractivity contribution < 1.29 is 14.3 Å². The Kier molecular flexibility index (Phi) is 7.41. The molecule has 27 heavy (non-hydrogen) atoms. The van der Waals surface area contributed by atoms with E-state index in [9.17, 15) is 9.59 Å². The van der Waals surface area contributed by atoms with Crippen molar-refractivity contribution in [1.29, 1.82) is 0 Å². The van der Waals surface area contributed by atoms with Crippen LogP contribution in [0, 0.1) is 19.8 Å². The number of alkyl carbamates (subject to hydrolysis) is 1. The summed E-state index contributed by atoms with van der Waals surface area (Å²) in [4.78, 5) is 24.9. The quantitative estimate of drug-likeness (QED) is 0.751. The highest BCUT2D eigenvalue weighted by Crippen LogP contribution is 2.17. The zero-order valence-electron chi connectivity index (χ0n) is 16.4. The molecule has 144 valence electrons. The first-order chi connectivity index (χ1) is 12.8. The molecule has 1 atom stereocenters. The van der Waals surface area contributed by atoms with Crippen molar-refractivity contribution in [3.63, 3.8) is 0 Å². The molecule has 0 heterocycles. The number of anilines is 1. The van der Waals surface area contributed by atoms with Gasteiger partial charge in [0.05, 0.1) is 0 Å². The van der Waals surface area contributed by atoms with E-state index >= 15 is 0 Å². The number of ether oxygens (including phenoxy) is 1. The van der Waals surface area contributed by atoms with Gasteiger partial charge in [-0.1, -0.05) is 61.9 Å². The van der Waals surface area contributed by atoms with Gasteiger partial charge >= 0.3 is 6.09 Å². The first-order valence-electron chi connectivity index (χ1n) is 9.20. The number of rotatable bonds is 7. The minimum absolute atomic E-state index is 0.166. The van der Waals surface area contributed by atoms with Crippen molar-refractivity contribution >= 4 is 17.7 Å². The molecule has 2 aromatic rings. The Morgan fingerprint density at radius 2 is 1.74 bits per heavy atom. The fraction of sp³-hybridized carbons (Fsp3) is 0.364. The van der Waals surface area contributed by atoms with E-state index in [2.05, 4.69) is 10.6 Å². The van der Waals surface area contributed by atoms with E-state index < -0.39 is 12.1 Å². The molecule has 0 aromatic heterocycles. The summed E-state index contributed by atoms with van der Waals surface area (Å²) in [5.74, 6) is 0.00148. The third-order valence-electron chi connectivity index (χ3n) is 4.17. The zero-order valence-corrected chi connectivity index (χ0v) is 16.4. The molecule has 5 nitrogen and oxygen atoms in total. The Bertz CT molecular complexity index is 772. The predicted molar refractivity (Wildman–Crippen MR) is 108 cm³/mol. The van der Waals surface area contributed by atoms with Gasteiger partial charge in [-0.2, -0.15) is 0 Å². The molecular weight excluding hydrogens is 340 g/mol. The minimum atomic E-state index is -0.658. The lowest BCUT2D eigenvalue weighted by atomic mass is 10.0. The van der Waals surface area contributed by atoms with Crippen LogP contribution < -0.4 is 10.6 Å². The molecular formula is C22H28N2O3. The Morgan fingerprint density at radius 3 is 2.37 bits per heavy atom. The van der Waals surface area contributed by atoms with Crippen molar-refractivity contribution in [2.45, 2.75) is 46.8 Å². The summed E-state index contributed by atoms with van der Waals surface area (Å²) in [6, 6.07) is 14.6. The van der Waals surface area contributed by atoms with Gasteiger partial charge in [-0.3, -0.25) is 4.79 Å². The number of benzene rings is 2. The summed E-state index contributed by atoms with van der Waals surface area (Å²) in [6.45, 7) is 8.13. The van der Waals surface area contributed by atoms with Gasteiger partial charge < -0.3 is 15.4 Å². The molecule has 2 amide bonds. The average Bonchev–Trinajstić information content (AvgIpc) is 2.62. The van der Waals surface area contributed by atoms with Gasteiger partial charge in [-0.25, -0.2) is 4.79 Å². The second kappa shape index (κ2) is 9.76. The van der Waals surface area contributed by atoms with Crippen molar-refractivity contribution in [1.82, 2.24) is 5.32 Å². The van der Waals surface area contributed by atoms with Crippen molar-refractivity contribution in [3.05, 3.63) is 65.2 Å². The number of carbonyl (C=O) groups is 2. The summed E-state index contributed by atoms with van der Waals surface area (Å²) in [7, 11) is 0. The Labute approximate surface area is 161 Å². The van der Waals surface area contributed by atoms with E-state index in [1.54, 1.807) is 0 Å². The van der Waals surface area contributed by atoms with Gasteiger partial charge in [0.15, 0.2) is 0 Å². The molecule has 0 saturated carbocycles. The van der Waals surface area contributed by atoms with Gasteiger partial charge in [0.1, 0.15) is 12.6 Å². The maximum atomic E-state index is 12.7. The topological polar surface area (TPSA) is 67.4 Å². The van der Waals surface area contributed by atoms with E-state index in [1.807, 2.05) is 76.2 Å². The maximum Gasteiger partial charge on any atom is 0.408 e. The first kappa shape index (κ1) is 20.5. The molecule has 0 aliphatic heterocycles. The van der Waals surface area contributed by atoms with Crippen LogP contribution in [0.15, 0.2) is 48.5 Å². The summed E-state index contributed by atoms with van der Waals surface area (Å²) in [5.41, 5.74) is 3.76. The van der Waals surface area contributed by atoms with Crippen LogP contribution in [0.1, 0.15) is 37.0 Å². The lowest BCUT2D eigenvalue weighted by molar-refractivity contribution is -0.118. The van der Waals surface area contributed by atoms with Gasteiger partial charge in [-0.05, 0) is 43.4 Å². The smallest absolute Gasteiger partial charge is 0.408 e. The van der Waals surface area contributed by atoms with Crippen molar-refractivity contribution in [2.75, 3.05) is 5.32 Å². The van der Waals surface area contributed by atoms with E-state index in [0.29, 0.717) is 6.42 Å². The highest BCUT2D eigenvalue weighted by molar-refractivity contribution is 5.97. The predicted octanol–water partition coefficient (Wildman–Crippen LogP) is 4.58. The van der Waals surface area contributed by atoms with Crippen molar-refractivity contribution in [2.24, 2.45) is 5.92 Å². The molecule has 0 aliphatic carbocycles. The van der Waals surface area contributed by atoms with Crippen molar-refractivity contribution in [3.8, 4) is 0 Å². The summed E-state index contributed by atoms with van der Waals surface area (Å²) < 4.78 is 5.25. The van der Waals surface area contributed by atoms with Crippen LogP contribution >= 0.6 is 0 Å². The SMILES string of the molecule is Cc1ccc(NC(=O)[C@H](CC(C)C)NC(=O)OCc2ccccc2)c(C)c1. The Morgan fingerprint density at radius 1 is 1.04 bits per heavy atom. The van der Waals surface area contributed by atoms with Gasteiger partial charge in [0.2, 0.25) is 5.91 Å². The molecule has 2 rings (SSSR count). The third kappa shape index (κ3) is 6.77. The highest BCUT2D eigenvalue weighted by Gasteiger charge is 2.23. The minimum Gasteiger partial charge on any atom is -0.445 e. The second-order valence-corrected chi connectivity index (χ2v) is 7.20. The van der Waals surface area contributed by atoms with E-state index in [4.69, 9.17) is 4.74 Å².